The average Bonchev–Trinajstić information content (AvgIpc) is 3.28. The summed E-state index contributed by atoms with van der Waals surface area (Å²) in [6.45, 7) is 0.643. The van der Waals surface area contributed by atoms with Crippen molar-refractivity contribution < 1.29 is 55.9 Å². The SMILES string of the molecule is C[C@H](N=[N+]=[N-])OC1C[C@H](n2cnc3c(N)ncnc32)O[C@@H]1COP(=O)(O)OP(=O)(O)OP(=O)(O)O. The summed E-state index contributed by atoms with van der Waals surface area (Å²) in [5, 5.41) is 3.38. The Morgan fingerprint density at radius 1 is 1.26 bits per heavy atom. The number of anilines is 1. The summed E-state index contributed by atoms with van der Waals surface area (Å²) < 4.78 is 59.2. The number of hydrogen-bond acceptors (Lipinski definition) is 13. The minimum atomic E-state index is -5.69. The number of nitrogens with zero attached hydrogens (tertiary/aromatic N) is 7. The average molecular weight is 560 g/mol. The summed E-state index contributed by atoms with van der Waals surface area (Å²) in [6.07, 6.45) is -1.23. The van der Waals surface area contributed by atoms with Crippen LogP contribution in [0, 0.1) is 0 Å². The fraction of sp³-hybridized carbons (Fsp3) is 0.583. The highest BCUT2D eigenvalue weighted by Crippen LogP contribution is 2.66. The summed E-state index contributed by atoms with van der Waals surface area (Å²) in [6, 6.07) is 0. The lowest BCUT2D eigenvalue weighted by Gasteiger charge is -2.22. The number of nitrogen functional groups attached to an aromatic ring is 1. The highest BCUT2D eigenvalue weighted by atomic mass is 31.3. The van der Waals surface area contributed by atoms with Crippen LogP contribution in [0.4, 0.5) is 5.82 Å². The van der Waals surface area contributed by atoms with Gasteiger partial charge < -0.3 is 34.8 Å². The molecule has 1 saturated heterocycles. The van der Waals surface area contributed by atoms with E-state index in [9.17, 15) is 23.5 Å². The highest BCUT2D eigenvalue weighted by molar-refractivity contribution is 7.66. The van der Waals surface area contributed by atoms with Gasteiger partial charge in [0.25, 0.3) is 0 Å². The van der Waals surface area contributed by atoms with E-state index in [1.807, 2.05) is 0 Å². The number of ether oxygens (including phenoxy) is 2. The Morgan fingerprint density at radius 2 is 1.97 bits per heavy atom. The normalized spacial score (nSPS) is 25.0. The van der Waals surface area contributed by atoms with Crippen LogP contribution in [0.3, 0.4) is 0 Å². The molecular formula is C12H19N8O12P3. The Morgan fingerprint density at radius 3 is 2.63 bits per heavy atom. The Balaban J connectivity index is 1.76. The van der Waals surface area contributed by atoms with E-state index in [4.69, 9.17) is 30.5 Å². The molecule has 3 unspecified atom stereocenters. The molecule has 1 aliphatic rings. The number of hydrogen-bond donors (Lipinski definition) is 5. The molecule has 0 radical (unpaired) electrons. The molecule has 1 aliphatic heterocycles. The zero-order chi connectivity index (χ0) is 26.0. The van der Waals surface area contributed by atoms with Gasteiger partial charge in [0, 0.05) is 11.3 Å². The fourth-order valence-corrected chi connectivity index (χ4v) is 6.10. The Kier molecular flexibility index (Phi) is 8.30. The van der Waals surface area contributed by atoms with Crippen LogP contribution in [0.1, 0.15) is 19.6 Å². The van der Waals surface area contributed by atoms with E-state index in [0.717, 1.165) is 0 Å². The van der Waals surface area contributed by atoms with Gasteiger partial charge in [-0.1, -0.05) is 5.11 Å². The van der Waals surface area contributed by atoms with Crippen molar-refractivity contribution in [2.75, 3.05) is 12.3 Å². The van der Waals surface area contributed by atoms with Crippen molar-refractivity contribution in [2.45, 2.75) is 38.0 Å². The van der Waals surface area contributed by atoms with Crippen LogP contribution in [-0.4, -0.2) is 64.1 Å². The number of imidazole rings is 1. The van der Waals surface area contributed by atoms with Crippen molar-refractivity contribution in [1.82, 2.24) is 19.5 Å². The first-order chi connectivity index (χ1) is 16.2. The van der Waals surface area contributed by atoms with Gasteiger partial charge in [0.2, 0.25) is 0 Å². The van der Waals surface area contributed by atoms with Crippen molar-refractivity contribution >= 4 is 40.4 Å². The third-order valence-electron chi connectivity index (χ3n) is 4.28. The van der Waals surface area contributed by atoms with Gasteiger partial charge in [0.15, 0.2) is 11.5 Å². The molecule has 0 spiro atoms. The summed E-state index contributed by atoms with van der Waals surface area (Å²) in [4.78, 5) is 50.8. The van der Waals surface area contributed by atoms with Crippen LogP contribution in [0.5, 0.6) is 0 Å². The van der Waals surface area contributed by atoms with E-state index < -0.39 is 54.7 Å². The van der Waals surface area contributed by atoms with Gasteiger partial charge >= 0.3 is 23.5 Å². The van der Waals surface area contributed by atoms with Crippen molar-refractivity contribution in [1.29, 1.82) is 0 Å². The van der Waals surface area contributed by atoms with Gasteiger partial charge in [0.1, 0.15) is 30.4 Å². The molecule has 0 amide bonds. The monoisotopic (exact) mass is 560 g/mol. The van der Waals surface area contributed by atoms with Crippen LogP contribution in [-0.2, 0) is 36.3 Å². The molecule has 6 atom stereocenters. The van der Waals surface area contributed by atoms with Gasteiger partial charge in [-0.2, -0.15) is 8.62 Å². The molecule has 2 aromatic rings. The van der Waals surface area contributed by atoms with Crippen LogP contribution >= 0.6 is 23.5 Å². The standard InChI is InChI=1S/C12H19N8O12P3/c1-6(18-19-14)29-7-2-9(20-5-17-10-11(13)15-4-16-12(10)20)30-8(7)3-28-34(24,25)32-35(26,27)31-33(21,22)23/h4-9H,2-3H2,1H3,(H,24,25)(H,26,27)(H2,13,15,16)(H2,21,22,23)/t6-,7?,8-,9-/m1/s1. The van der Waals surface area contributed by atoms with E-state index >= 15 is 0 Å². The second kappa shape index (κ2) is 10.5. The number of azide groups is 1. The summed E-state index contributed by atoms with van der Waals surface area (Å²) >= 11 is 0. The van der Waals surface area contributed by atoms with Crippen LogP contribution in [0.25, 0.3) is 21.6 Å². The smallest absolute Gasteiger partial charge is 0.382 e. The molecule has 2 aromatic heterocycles. The molecule has 0 saturated carbocycles. The van der Waals surface area contributed by atoms with Crippen molar-refractivity contribution in [2.24, 2.45) is 5.11 Å². The number of nitrogens with two attached hydrogens (primary N) is 1. The second-order valence-corrected chi connectivity index (χ2v) is 11.2. The van der Waals surface area contributed by atoms with Crippen molar-refractivity contribution in [3.05, 3.63) is 23.1 Å². The molecule has 0 bridgehead atoms. The molecule has 1 fully saturated rings. The Labute approximate surface area is 195 Å². The maximum Gasteiger partial charge on any atom is 0.490 e. The van der Waals surface area contributed by atoms with E-state index in [1.54, 1.807) is 0 Å². The van der Waals surface area contributed by atoms with Crippen LogP contribution in [0.2, 0.25) is 0 Å². The summed E-state index contributed by atoms with van der Waals surface area (Å²) in [5.41, 5.74) is 15.0. The highest BCUT2D eigenvalue weighted by Gasteiger charge is 2.44. The predicted octanol–water partition coefficient (Wildman–Crippen LogP) is 1.08. The van der Waals surface area contributed by atoms with E-state index in [0.29, 0.717) is 5.65 Å². The van der Waals surface area contributed by atoms with E-state index in [2.05, 4.69) is 38.1 Å². The first kappa shape index (κ1) is 27.6. The molecule has 35 heavy (non-hydrogen) atoms. The van der Waals surface area contributed by atoms with Crippen LogP contribution in [0.15, 0.2) is 17.8 Å². The minimum Gasteiger partial charge on any atom is -0.382 e. The number of rotatable bonds is 11. The lowest BCUT2D eigenvalue weighted by molar-refractivity contribution is -0.0745. The Bertz CT molecular complexity index is 1260. The molecule has 194 valence electrons. The number of phosphoric acid groups is 3. The zero-order valence-corrected chi connectivity index (χ0v) is 20.2. The molecule has 3 rings (SSSR count). The molecule has 0 aliphatic carbocycles. The summed E-state index contributed by atoms with van der Waals surface area (Å²) in [7, 11) is -16.6. The lowest BCUT2D eigenvalue weighted by Crippen LogP contribution is -2.31. The third-order valence-corrected chi connectivity index (χ3v) is 8.08. The van der Waals surface area contributed by atoms with Crippen LogP contribution < -0.4 is 5.73 Å². The maximum atomic E-state index is 12.1. The molecule has 6 N–H and O–H groups in total. The zero-order valence-electron chi connectivity index (χ0n) is 17.5. The van der Waals surface area contributed by atoms with E-state index in [-0.39, 0.29) is 17.8 Å². The molecule has 0 aromatic carbocycles. The largest absolute Gasteiger partial charge is 0.490 e. The third kappa shape index (κ3) is 7.49. The number of phosphoric ester groups is 1. The number of aromatic nitrogens is 4. The first-order valence-electron chi connectivity index (χ1n) is 9.26. The van der Waals surface area contributed by atoms with E-state index in [1.165, 1.54) is 24.1 Å². The molecule has 20 nitrogen and oxygen atoms in total. The molecule has 3 heterocycles. The van der Waals surface area contributed by atoms with Gasteiger partial charge in [-0.25, -0.2) is 28.6 Å². The van der Waals surface area contributed by atoms with Gasteiger partial charge in [-0.3, -0.25) is 9.09 Å². The predicted molar refractivity (Wildman–Crippen MR) is 112 cm³/mol. The second-order valence-electron chi connectivity index (χ2n) is 6.81. The van der Waals surface area contributed by atoms with Crippen molar-refractivity contribution in [3.63, 3.8) is 0 Å². The lowest BCUT2D eigenvalue weighted by atomic mass is 10.2. The fourth-order valence-electron chi connectivity index (χ4n) is 3.07. The van der Waals surface area contributed by atoms with Crippen molar-refractivity contribution in [3.8, 4) is 0 Å². The quantitative estimate of drug-likeness (QED) is 0.111. The van der Waals surface area contributed by atoms with Gasteiger partial charge in [0.05, 0.1) is 19.0 Å². The molecular weight excluding hydrogens is 541 g/mol. The Hall–Kier alpha value is -2.01. The van der Waals surface area contributed by atoms with Gasteiger partial charge in [-0.15, -0.1) is 0 Å². The minimum absolute atomic E-state index is 0.0745. The van der Waals surface area contributed by atoms with Gasteiger partial charge in [-0.05, 0) is 12.5 Å². The first-order valence-corrected chi connectivity index (χ1v) is 13.8. The number of fused-ring (bicyclic) bond motifs is 1. The molecule has 23 heteroatoms. The topological polar surface area (TPSA) is 297 Å². The summed E-state index contributed by atoms with van der Waals surface area (Å²) in [5.74, 6) is 0.112. The maximum absolute atomic E-state index is 12.1.